The van der Waals surface area contributed by atoms with Gasteiger partial charge >= 0.3 is 0 Å². The number of anilines is 3. The standard InChI is InChI=1S/C25H24N4O3S/c1-31-21-8-10-22(11-9-21)32-16-2-3-24(30)27-19-4-6-20(7-5-19)28-25-29-23(17-33-25)18-12-14-26-15-13-18/h4-15,17H,2-3,16H2,1H3,(H,27,30)(H,28,29). The average molecular weight is 461 g/mol. The highest BCUT2D eigenvalue weighted by molar-refractivity contribution is 7.14. The zero-order chi connectivity index (χ0) is 22.9. The molecule has 0 aliphatic rings. The van der Waals surface area contributed by atoms with Gasteiger partial charge in [-0.2, -0.15) is 0 Å². The summed E-state index contributed by atoms with van der Waals surface area (Å²) in [5.74, 6) is 1.49. The van der Waals surface area contributed by atoms with Gasteiger partial charge in [-0.25, -0.2) is 4.98 Å². The number of amides is 1. The monoisotopic (exact) mass is 460 g/mol. The minimum atomic E-state index is -0.0454. The van der Waals surface area contributed by atoms with Gasteiger partial charge in [0.2, 0.25) is 5.91 Å². The molecule has 4 rings (SSSR count). The Morgan fingerprint density at radius 1 is 0.939 bits per heavy atom. The third-order valence-corrected chi connectivity index (χ3v) is 5.53. The largest absolute Gasteiger partial charge is 0.497 e. The number of nitrogens with zero attached hydrogens (tertiary/aromatic N) is 2. The van der Waals surface area contributed by atoms with Crippen LogP contribution in [-0.2, 0) is 4.79 Å². The fourth-order valence-corrected chi connectivity index (χ4v) is 3.80. The maximum Gasteiger partial charge on any atom is 0.224 e. The maximum atomic E-state index is 12.2. The molecule has 4 aromatic rings. The molecule has 8 heteroatoms. The van der Waals surface area contributed by atoms with E-state index in [0.29, 0.717) is 19.4 Å². The number of benzene rings is 2. The highest BCUT2D eigenvalue weighted by atomic mass is 32.1. The van der Waals surface area contributed by atoms with Crippen LogP contribution in [0.1, 0.15) is 12.8 Å². The van der Waals surface area contributed by atoms with Gasteiger partial charge in [0.15, 0.2) is 5.13 Å². The van der Waals surface area contributed by atoms with Crippen LogP contribution >= 0.6 is 11.3 Å². The van der Waals surface area contributed by atoms with Crippen LogP contribution < -0.4 is 20.1 Å². The van der Waals surface area contributed by atoms with Crippen LogP contribution in [0.5, 0.6) is 11.5 Å². The Kier molecular flexibility index (Phi) is 7.50. The molecule has 0 atom stereocenters. The molecule has 0 fully saturated rings. The predicted octanol–water partition coefficient (Wildman–Crippen LogP) is 5.76. The van der Waals surface area contributed by atoms with Crippen LogP contribution in [0.2, 0.25) is 0 Å². The number of carbonyl (C=O) groups is 1. The molecule has 1 amide bonds. The van der Waals surface area contributed by atoms with E-state index in [0.717, 1.165) is 39.3 Å². The Morgan fingerprint density at radius 2 is 1.64 bits per heavy atom. The molecule has 0 saturated carbocycles. The molecule has 0 saturated heterocycles. The summed E-state index contributed by atoms with van der Waals surface area (Å²) in [5, 5.41) is 9.01. The van der Waals surface area contributed by atoms with Gasteiger partial charge in [-0.05, 0) is 67.1 Å². The molecule has 2 aromatic carbocycles. The van der Waals surface area contributed by atoms with Gasteiger partial charge in [0, 0.05) is 41.1 Å². The molecule has 0 aliphatic carbocycles. The number of carbonyl (C=O) groups excluding carboxylic acids is 1. The normalized spacial score (nSPS) is 10.5. The van der Waals surface area contributed by atoms with E-state index >= 15 is 0 Å². The van der Waals surface area contributed by atoms with E-state index in [2.05, 4.69) is 20.6 Å². The van der Waals surface area contributed by atoms with Crippen LogP contribution in [0.25, 0.3) is 11.3 Å². The Bertz CT molecular complexity index is 1160. The van der Waals surface area contributed by atoms with Gasteiger partial charge in [0.05, 0.1) is 19.4 Å². The van der Waals surface area contributed by atoms with E-state index in [-0.39, 0.29) is 5.91 Å². The van der Waals surface area contributed by atoms with E-state index < -0.39 is 0 Å². The number of ether oxygens (including phenoxy) is 2. The Hall–Kier alpha value is -3.91. The molecule has 2 N–H and O–H groups in total. The number of hydrogen-bond acceptors (Lipinski definition) is 7. The van der Waals surface area contributed by atoms with Crippen molar-refractivity contribution in [1.29, 1.82) is 0 Å². The lowest BCUT2D eigenvalue weighted by Crippen LogP contribution is -2.12. The molecule has 2 heterocycles. The number of rotatable bonds is 10. The summed E-state index contributed by atoms with van der Waals surface area (Å²) in [7, 11) is 1.62. The molecule has 2 aromatic heterocycles. The first-order valence-corrected chi connectivity index (χ1v) is 11.4. The van der Waals surface area contributed by atoms with Crippen molar-refractivity contribution in [3.8, 4) is 22.8 Å². The number of methoxy groups -OCH3 is 1. The van der Waals surface area contributed by atoms with Crippen molar-refractivity contribution in [1.82, 2.24) is 9.97 Å². The quantitative estimate of drug-likeness (QED) is 0.293. The summed E-state index contributed by atoms with van der Waals surface area (Å²) >= 11 is 1.53. The Balaban J connectivity index is 1.20. The summed E-state index contributed by atoms with van der Waals surface area (Å²) in [6, 6.07) is 18.8. The average Bonchev–Trinajstić information content (AvgIpc) is 3.32. The minimum absolute atomic E-state index is 0.0454. The third kappa shape index (κ3) is 6.54. The number of thiazole rings is 1. The van der Waals surface area contributed by atoms with Crippen molar-refractivity contribution in [2.24, 2.45) is 0 Å². The zero-order valence-electron chi connectivity index (χ0n) is 18.2. The summed E-state index contributed by atoms with van der Waals surface area (Å²) in [6.45, 7) is 0.470. The van der Waals surface area contributed by atoms with E-state index in [9.17, 15) is 4.79 Å². The summed E-state index contributed by atoms with van der Waals surface area (Å²) < 4.78 is 10.8. The van der Waals surface area contributed by atoms with Crippen LogP contribution in [0.15, 0.2) is 78.4 Å². The lowest BCUT2D eigenvalue weighted by molar-refractivity contribution is -0.116. The van der Waals surface area contributed by atoms with Gasteiger partial charge in [0.1, 0.15) is 11.5 Å². The molecular weight excluding hydrogens is 436 g/mol. The second-order valence-corrected chi connectivity index (χ2v) is 8.01. The highest BCUT2D eigenvalue weighted by Crippen LogP contribution is 2.27. The van der Waals surface area contributed by atoms with Crippen molar-refractivity contribution in [3.05, 3.63) is 78.4 Å². The molecule has 0 unspecified atom stereocenters. The van der Waals surface area contributed by atoms with E-state index in [4.69, 9.17) is 9.47 Å². The van der Waals surface area contributed by atoms with Crippen LogP contribution in [0.3, 0.4) is 0 Å². The predicted molar refractivity (Wildman–Crippen MR) is 131 cm³/mol. The van der Waals surface area contributed by atoms with Gasteiger partial charge in [0.25, 0.3) is 0 Å². The Labute approximate surface area is 196 Å². The number of pyridine rings is 1. The topological polar surface area (TPSA) is 85.4 Å². The van der Waals surface area contributed by atoms with Gasteiger partial charge in [-0.1, -0.05) is 0 Å². The van der Waals surface area contributed by atoms with Gasteiger partial charge in [-0.15, -0.1) is 11.3 Å². The van der Waals surface area contributed by atoms with Crippen LogP contribution in [0.4, 0.5) is 16.5 Å². The number of nitrogens with one attached hydrogen (secondary N) is 2. The van der Waals surface area contributed by atoms with Crippen molar-refractivity contribution >= 4 is 33.8 Å². The van der Waals surface area contributed by atoms with Crippen molar-refractivity contribution < 1.29 is 14.3 Å². The van der Waals surface area contributed by atoms with Crippen LogP contribution in [0, 0.1) is 0 Å². The molecule has 7 nitrogen and oxygen atoms in total. The highest BCUT2D eigenvalue weighted by Gasteiger charge is 2.06. The van der Waals surface area contributed by atoms with Gasteiger partial charge < -0.3 is 20.1 Å². The van der Waals surface area contributed by atoms with Crippen molar-refractivity contribution in [2.75, 3.05) is 24.4 Å². The fourth-order valence-electron chi connectivity index (χ4n) is 3.06. The number of aromatic nitrogens is 2. The molecular formula is C25H24N4O3S. The molecule has 0 aliphatic heterocycles. The first-order valence-electron chi connectivity index (χ1n) is 10.5. The van der Waals surface area contributed by atoms with Gasteiger partial charge in [-0.3, -0.25) is 9.78 Å². The second-order valence-electron chi connectivity index (χ2n) is 7.15. The lowest BCUT2D eigenvalue weighted by atomic mass is 10.2. The smallest absolute Gasteiger partial charge is 0.224 e. The Morgan fingerprint density at radius 3 is 2.36 bits per heavy atom. The summed E-state index contributed by atoms with van der Waals surface area (Å²) in [5.41, 5.74) is 3.58. The van der Waals surface area contributed by atoms with E-state index in [1.807, 2.05) is 66.0 Å². The van der Waals surface area contributed by atoms with Crippen molar-refractivity contribution in [2.45, 2.75) is 12.8 Å². The zero-order valence-corrected chi connectivity index (χ0v) is 19.0. The molecule has 0 bridgehead atoms. The molecule has 0 radical (unpaired) electrons. The minimum Gasteiger partial charge on any atom is -0.497 e. The van der Waals surface area contributed by atoms with E-state index in [1.165, 1.54) is 11.3 Å². The number of hydrogen-bond donors (Lipinski definition) is 2. The molecule has 0 spiro atoms. The second kappa shape index (κ2) is 11.1. The molecule has 168 valence electrons. The SMILES string of the molecule is COc1ccc(OCCCC(=O)Nc2ccc(Nc3nc(-c4ccncc4)cs3)cc2)cc1. The third-order valence-electron chi connectivity index (χ3n) is 4.78. The summed E-state index contributed by atoms with van der Waals surface area (Å²) in [6.07, 6.45) is 4.51. The summed E-state index contributed by atoms with van der Waals surface area (Å²) in [4.78, 5) is 20.9. The fraction of sp³-hybridized carbons (Fsp3) is 0.160. The first-order chi connectivity index (χ1) is 16.2. The maximum absolute atomic E-state index is 12.2. The first kappa shape index (κ1) is 22.3. The van der Waals surface area contributed by atoms with Crippen LogP contribution in [-0.4, -0.2) is 29.6 Å². The molecule has 33 heavy (non-hydrogen) atoms. The lowest BCUT2D eigenvalue weighted by Gasteiger charge is -2.08. The van der Waals surface area contributed by atoms with Crippen molar-refractivity contribution in [3.63, 3.8) is 0 Å². The van der Waals surface area contributed by atoms with E-state index in [1.54, 1.807) is 19.5 Å².